The van der Waals surface area contributed by atoms with Gasteiger partial charge in [-0.2, -0.15) is 0 Å². The number of pyridine rings is 1. The molecule has 0 radical (unpaired) electrons. The molecule has 1 rings (SSSR count). The van der Waals surface area contributed by atoms with Crippen molar-refractivity contribution in [3.8, 4) is 0 Å². The fraction of sp³-hybridized carbons (Fsp3) is 0.533. The summed E-state index contributed by atoms with van der Waals surface area (Å²) < 4.78 is 5.09. The van der Waals surface area contributed by atoms with Crippen molar-refractivity contribution < 1.29 is 14.3 Å². The number of nitrogens with zero attached hydrogens (tertiary/aromatic N) is 2. The Balaban J connectivity index is 2.29. The highest BCUT2D eigenvalue weighted by molar-refractivity contribution is 5.77. The molecule has 1 aromatic rings. The van der Waals surface area contributed by atoms with Crippen LogP contribution in [-0.4, -0.2) is 41.1 Å². The van der Waals surface area contributed by atoms with Gasteiger partial charge in [0.05, 0.1) is 0 Å². The molecule has 0 atom stereocenters. The van der Waals surface area contributed by atoms with E-state index in [1.54, 1.807) is 45.1 Å². The minimum atomic E-state index is -0.537. The highest BCUT2D eigenvalue weighted by Gasteiger charge is 2.16. The highest BCUT2D eigenvalue weighted by atomic mass is 16.6. The lowest BCUT2D eigenvalue weighted by molar-refractivity contribution is -0.130. The molecule has 0 aliphatic carbocycles. The molecule has 0 aromatic carbocycles. The third-order valence-corrected chi connectivity index (χ3v) is 2.58. The van der Waals surface area contributed by atoms with Crippen LogP contribution in [0.25, 0.3) is 0 Å². The maximum absolute atomic E-state index is 11.9. The molecule has 0 aliphatic heterocycles. The van der Waals surface area contributed by atoms with Crippen molar-refractivity contribution in [2.75, 3.05) is 13.6 Å². The summed E-state index contributed by atoms with van der Waals surface area (Å²) in [6, 6.07) is 3.74. The van der Waals surface area contributed by atoms with Crippen molar-refractivity contribution in [2.24, 2.45) is 0 Å². The lowest BCUT2D eigenvalue weighted by Gasteiger charge is -2.20. The summed E-state index contributed by atoms with van der Waals surface area (Å²) in [6.45, 7) is 6.13. The van der Waals surface area contributed by atoms with Crippen LogP contribution in [-0.2, 0) is 16.1 Å². The predicted molar refractivity (Wildman–Crippen MR) is 79.6 cm³/mol. The molecular formula is C15H23N3O3. The van der Waals surface area contributed by atoms with E-state index < -0.39 is 11.7 Å². The normalized spacial score (nSPS) is 10.9. The van der Waals surface area contributed by atoms with Crippen molar-refractivity contribution in [3.05, 3.63) is 30.1 Å². The molecule has 21 heavy (non-hydrogen) atoms. The number of rotatable bonds is 5. The molecule has 2 amide bonds. The van der Waals surface area contributed by atoms with Crippen LogP contribution in [0.15, 0.2) is 24.5 Å². The van der Waals surface area contributed by atoms with E-state index in [0.717, 1.165) is 5.56 Å². The van der Waals surface area contributed by atoms with Crippen LogP contribution >= 0.6 is 0 Å². The fourth-order valence-corrected chi connectivity index (χ4v) is 1.63. The van der Waals surface area contributed by atoms with Gasteiger partial charge in [0, 0.05) is 39.0 Å². The van der Waals surface area contributed by atoms with Crippen molar-refractivity contribution in [1.29, 1.82) is 0 Å². The summed E-state index contributed by atoms with van der Waals surface area (Å²) in [5, 5.41) is 2.57. The maximum Gasteiger partial charge on any atom is 0.407 e. The number of nitrogens with one attached hydrogen (secondary N) is 1. The molecule has 0 saturated carbocycles. The molecule has 6 heteroatoms. The van der Waals surface area contributed by atoms with Crippen LogP contribution in [0.3, 0.4) is 0 Å². The van der Waals surface area contributed by atoms with Crippen LogP contribution in [0.5, 0.6) is 0 Å². The molecule has 0 aliphatic rings. The van der Waals surface area contributed by atoms with Crippen molar-refractivity contribution in [1.82, 2.24) is 15.2 Å². The van der Waals surface area contributed by atoms with Gasteiger partial charge in [0.15, 0.2) is 0 Å². The molecule has 1 N–H and O–H groups in total. The summed E-state index contributed by atoms with van der Waals surface area (Å²) in [5.74, 6) is -0.0464. The van der Waals surface area contributed by atoms with E-state index in [1.165, 1.54) is 0 Å². The van der Waals surface area contributed by atoms with E-state index in [9.17, 15) is 9.59 Å². The standard InChI is InChI=1S/C15H23N3O3/c1-15(2,3)21-14(20)17-9-7-13(19)18(4)11-12-6-5-8-16-10-12/h5-6,8,10H,7,9,11H2,1-4H3,(H,17,20). The second kappa shape index (κ2) is 7.61. The minimum absolute atomic E-state index is 0.0464. The zero-order chi connectivity index (χ0) is 15.9. The number of hydrogen-bond donors (Lipinski definition) is 1. The molecule has 6 nitrogen and oxygen atoms in total. The number of alkyl carbamates (subject to hydrolysis) is 1. The van der Waals surface area contributed by atoms with E-state index in [2.05, 4.69) is 10.3 Å². The van der Waals surface area contributed by atoms with E-state index in [1.807, 2.05) is 12.1 Å². The fourth-order valence-electron chi connectivity index (χ4n) is 1.63. The average molecular weight is 293 g/mol. The Morgan fingerprint density at radius 2 is 2.10 bits per heavy atom. The lowest BCUT2D eigenvalue weighted by atomic mass is 10.2. The monoisotopic (exact) mass is 293 g/mol. The molecule has 1 heterocycles. The van der Waals surface area contributed by atoms with Crippen LogP contribution in [0.4, 0.5) is 4.79 Å². The second-order valence-electron chi connectivity index (χ2n) is 5.79. The Hall–Kier alpha value is -2.11. The van der Waals surface area contributed by atoms with Gasteiger partial charge in [-0.3, -0.25) is 9.78 Å². The predicted octanol–water partition coefficient (Wildman–Crippen LogP) is 1.95. The summed E-state index contributed by atoms with van der Waals surface area (Å²) in [4.78, 5) is 29.0. The SMILES string of the molecule is CN(Cc1cccnc1)C(=O)CCNC(=O)OC(C)(C)C. The zero-order valence-electron chi connectivity index (χ0n) is 13.0. The van der Waals surface area contributed by atoms with Gasteiger partial charge in [-0.05, 0) is 32.4 Å². The van der Waals surface area contributed by atoms with Crippen molar-refractivity contribution in [3.63, 3.8) is 0 Å². The number of hydrogen-bond acceptors (Lipinski definition) is 4. The largest absolute Gasteiger partial charge is 0.444 e. The first-order chi connectivity index (χ1) is 9.78. The summed E-state index contributed by atoms with van der Waals surface area (Å²) in [7, 11) is 1.73. The molecule has 116 valence electrons. The number of aromatic nitrogens is 1. The Bertz CT molecular complexity index is 469. The number of amides is 2. The molecule has 0 spiro atoms. The van der Waals surface area contributed by atoms with Gasteiger partial charge in [0.2, 0.25) is 5.91 Å². The molecule has 0 saturated heterocycles. The summed E-state index contributed by atoms with van der Waals surface area (Å²) in [6.07, 6.45) is 3.14. The van der Waals surface area contributed by atoms with Gasteiger partial charge in [-0.25, -0.2) is 4.79 Å². The molecule has 1 aromatic heterocycles. The van der Waals surface area contributed by atoms with Gasteiger partial charge in [-0.1, -0.05) is 6.07 Å². The Labute approximate surface area is 125 Å². The second-order valence-corrected chi connectivity index (χ2v) is 5.79. The first-order valence-corrected chi connectivity index (χ1v) is 6.87. The third-order valence-electron chi connectivity index (χ3n) is 2.58. The average Bonchev–Trinajstić information content (AvgIpc) is 2.37. The zero-order valence-corrected chi connectivity index (χ0v) is 13.0. The maximum atomic E-state index is 11.9. The quantitative estimate of drug-likeness (QED) is 0.900. The van der Waals surface area contributed by atoms with Gasteiger partial charge < -0.3 is 15.0 Å². The summed E-state index contributed by atoms with van der Waals surface area (Å²) in [5.41, 5.74) is 0.430. The van der Waals surface area contributed by atoms with E-state index >= 15 is 0 Å². The number of carbonyl (C=O) groups excluding carboxylic acids is 2. The topological polar surface area (TPSA) is 71.5 Å². The van der Waals surface area contributed by atoms with Crippen LogP contribution in [0.2, 0.25) is 0 Å². The van der Waals surface area contributed by atoms with Crippen LogP contribution in [0.1, 0.15) is 32.8 Å². The Morgan fingerprint density at radius 1 is 1.38 bits per heavy atom. The molecule has 0 fully saturated rings. The first-order valence-electron chi connectivity index (χ1n) is 6.87. The van der Waals surface area contributed by atoms with E-state index in [0.29, 0.717) is 6.54 Å². The number of carbonyl (C=O) groups is 2. The number of ether oxygens (including phenoxy) is 1. The van der Waals surface area contributed by atoms with E-state index in [-0.39, 0.29) is 18.9 Å². The van der Waals surface area contributed by atoms with Crippen molar-refractivity contribution in [2.45, 2.75) is 39.3 Å². The van der Waals surface area contributed by atoms with Crippen LogP contribution < -0.4 is 5.32 Å². The van der Waals surface area contributed by atoms with E-state index in [4.69, 9.17) is 4.74 Å². The molecule has 0 unspecified atom stereocenters. The molecular weight excluding hydrogens is 270 g/mol. The van der Waals surface area contributed by atoms with Crippen LogP contribution in [0, 0.1) is 0 Å². The van der Waals surface area contributed by atoms with Gasteiger partial charge in [0.1, 0.15) is 5.60 Å². The Morgan fingerprint density at radius 3 is 2.67 bits per heavy atom. The van der Waals surface area contributed by atoms with Crippen molar-refractivity contribution >= 4 is 12.0 Å². The van der Waals surface area contributed by atoms with Gasteiger partial charge in [0.25, 0.3) is 0 Å². The Kier molecular flexibility index (Phi) is 6.14. The third kappa shape index (κ3) is 7.29. The lowest BCUT2D eigenvalue weighted by Crippen LogP contribution is -2.35. The van der Waals surface area contributed by atoms with Gasteiger partial charge >= 0.3 is 6.09 Å². The van der Waals surface area contributed by atoms with Gasteiger partial charge in [-0.15, -0.1) is 0 Å². The first kappa shape index (κ1) is 16.9. The summed E-state index contributed by atoms with van der Waals surface area (Å²) >= 11 is 0. The smallest absolute Gasteiger partial charge is 0.407 e. The highest BCUT2D eigenvalue weighted by Crippen LogP contribution is 2.06. The minimum Gasteiger partial charge on any atom is -0.444 e. The molecule has 0 bridgehead atoms.